The Kier molecular flexibility index (Phi) is 6.78. The molecule has 0 saturated carbocycles. The van der Waals surface area contributed by atoms with Gasteiger partial charge in [0.15, 0.2) is 4.34 Å². The van der Waals surface area contributed by atoms with Crippen molar-refractivity contribution in [3.63, 3.8) is 0 Å². The third kappa shape index (κ3) is 4.89. The first kappa shape index (κ1) is 21.6. The van der Waals surface area contributed by atoms with Gasteiger partial charge in [0.1, 0.15) is 0 Å². The molecule has 0 saturated heterocycles. The topological polar surface area (TPSA) is 92.3 Å². The van der Waals surface area contributed by atoms with Crippen molar-refractivity contribution in [1.29, 1.82) is 0 Å². The summed E-state index contributed by atoms with van der Waals surface area (Å²) in [6, 6.07) is 12.7. The van der Waals surface area contributed by atoms with Crippen molar-refractivity contribution in [3.8, 4) is 0 Å². The zero-order valence-corrected chi connectivity index (χ0v) is 18.7. The number of carbonyl (C=O) groups excluding carboxylic acids is 1. The lowest BCUT2D eigenvalue weighted by molar-refractivity contribution is 0.102. The number of hydrogen-bond donors (Lipinski definition) is 1. The Morgan fingerprint density at radius 1 is 1.21 bits per heavy atom. The maximum absolute atomic E-state index is 13.0. The van der Waals surface area contributed by atoms with Crippen LogP contribution < -0.4 is 9.62 Å². The van der Waals surface area contributed by atoms with Gasteiger partial charge in [-0.15, -0.1) is 10.2 Å². The molecule has 0 spiro atoms. The highest BCUT2D eigenvalue weighted by molar-refractivity contribution is 8.01. The van der Waals surface area contributed by atoms with Gasteiger partial charge in [-0.05, 0) is 36.1 Å². The molecule has 29 heavy (non-hydrogen) atoms. The van der Waals surface area contributed by atoms with Gasteiger partial charge in [-0.3, -0.25) is 14.4 Å². The molecule has 152 valence electrons. The minimum absolute atomic E-state index is 0.0362. The molecule has 0 unspecified atom stereocenters. The van der Waals surface area contributed by atoms with Gasteiger partial charge in [0, 0.05) is 7.05 Å². The smallest absolute Gasteiger partial charge is 0.264 e. The molecule has 1 aromatic heterocycles. The van der Waals surface area contributed by atoms with E-state index >= 15 is 0 Å². The summed E-state index contributed by atoms with van der Waals surface area (Å²) in [4.78, 5) is 12.6. The van der Waals surface area contributed by atoms with Crippen molar-refractivity contribution in [3.05, 3.63) is 59.1 Å². The summed E-state index contributed by atoms with van der Waals surface area (Å²) < 4.78 is 27.8. The minimum atomic E-state index is -3.87. The van der Waals surface area contributed by atoms with Crippen molar-refractivity contribution in [2.75, 3.05) is 22.4 Å². The van der Waals surface area contributed by atoms with Crippen LogP contribution in [0.1, 0.15) is 17.3 Å². The van der Waals surface area contributed by atoms with Crippen molar-refractivity contribution in [2.24, 2.45) is 0 Å². The molecule has 2 aromatic carbocycles. The highest BCUT2D eigenvalue weighted by Gasteiger charge is 2.24. The first-order valence-corrected chi connectivity index (χ1v) is 12.1. The van der Waals surface area contributed by atoms with Crippen molar-refractivity contribution < 1.29 is 13.2 Å². The van der Waals surface area contributed by atoms with E-state index in [0.29, 0.717) is 10.8 Å². The van der Waals surface area contributed by atoms with Gasteiger partial charge < -0.3 is 0 Å². The second-order valence-corrected chi connectivity index (χ2v) is 10.6. The summed E-state index contributed by atoms with van der Waals surface area (Å²) in [6.45, 7) is 1.99. The number of halogens is 1. The third-order valence-electron chi connectivity index (χ3n) is 3.86. The molecule has 1 amide bonds. The van der Waals surface area contributed by atoms with E-state index < -0.39 is 15.9 Å². The van der Waals surface area contributed by atoms with Crippen molar-refractivity contribution >= 4 is 61.4 Å². The summed E-state index contributed by atoms with van der Waals surface area (Å²) in [7, 11) is -2.42. The number of amides is 1. The molecule has 0 radical (unpaired) electrons. The first-order chi connectivity index (χ1) is 13.8. The van der Waals surface area contributed by atoms with Gasteiger partial charge >= 0.3 is 0 Å². The fraction of sp³-hybridized carbons (Fsp3) is 0.167. The SMILES string of the molecule is CCSc1nnc(NC(=O)c2cc(S(=O)(=O)N(C)c3ccccc3)ccc2Cl)s1. The molecule has 0 aliphatic rings. The van der Waals surface area contributed by atoms with Crippen molar-refractivity contribution in [1.82, 2.24) is 10.2 Å². The molecule has 11 heteroatoms. The summed E-state index contributed by atoms with van der Waals surface area (Å²) in [5.41, 5.74) is 0.539. The molecule has 3 aromatic rings. The number of hydrogen-bond acceptors (Lipinski definition) is 7. The fourth-order valence-corrected chi connectivity index (χ4v) is 5.45. The average molecular weight is 469 g/mol. The van der Waals surface area contributed by atoms with Gasteiger partial charge in [0.25, 0.3) is 15.9 Å². The monoisotopic (exact) mass is 468 g/mol. The van der Waals surface area contributed by atoms with Crippen LogP contribution in [0.2, 0.25) is 5.02 Å². The second kappa shape index (κ2) is 9.12. The molecular weight excluding hydrogens is 452 g/mol. The molecule has 3 rings (SSSR count). The van der Waals surface area contributed by atoms with E-state index in [9.17, 15) is 13.2 Å². The van der Waals surface area contributed by atoms with Crippen LogP contribution in [-0.2, 0) is 10.0 Å². The molecule has 0 fully saturated rings. The Balaban J connectivity index is 1.88. The molecular formula is C18H17ClN4O3S3. The zero-order valence-electron chi connectivity index (χ0n) is 15.5. The largest absolute Gasteiger partial charge is 0.296 e. The van der Waals surface area contributed by atoms with Crippen LogP contribution in [0.4, 0.5) is 10.8 Å². The van der Waals surface area contributed by atoms with Gasteiger partial charge in [-0.1, -0.05) is 59.8 Å². The lowest BCUT2D eigenvalue weighted by Crippen LogP contribution is -2.27. The molecule has 1 N–H and O–H groups in total. The molecule has 0 bridgehead atoms. The van der Waals surface area contributed by atoms with Crippen LogP contribution >= 0.6 is 34.7 Å². The van der Waals surface area contributed by atoms with Crippen LogP contribution in [-0.4, -0.2) is 37.3 Å². The number of rotatable bonds is 7. The normalized spacial score (nSPS) is 11.3. The Hall–Kier alpha value is -2.14. The predicted molar refractivity (Wildman–Crippen MR) is 118 cm³/mol. The van der Waals surface area contributed by atoms with Crippen molar-refractivity contribution in [2.45, 2.75) is 16.2 Å². The van der Waals surface area contributed by atoms with Crippen LogP contribution in [0.5, 0.6) is 0 Å². The van der Waals surface area contributed by atoms with E-state index in [1.165, 1.54) is 48.3 Å². The number of thioether (sulfide) groups is 1. The lowest BCUT2D eigenvalue weighted by Gasteiger charge is -2.20. The third-order valence-corrected chi connectivity index (χ3v) is 7.82. The molecule has 0 atom stereocenters. The molecule has 1 heterocycles. The van der Waals surface area contributed by atoms with Gasteiger partial charge in [-0.2, -0.15) is 0 Å². The Bertz CT molecular complexity index is 1120. The number of para-hydroxylation sites is 1. The van der Waals surface area contributed by atoms with Crippen LogP contribution in [0.25, 0.3) is 0 Å². The molecule has 0 aliphatic heterocycles. The minimum Gasteiger partial charge on any atom is -0.296 e. The van der Waals surface area contributed by atoms with E-state index in [-0.39, 0.29) is 15.5 Å². The quantitative estimate of drug-likeness (QED) is 0.408. The molecule has 0 aliphatic carbocycles. The predicted octanol–water partition coefficient (Wildman–Crippen LogP) is 4.38. The number of carbonyl (C=O) groups is 1. The average Bonchev–Trinajstić information content (AvgIpc) is 3.15. The number of sulfonamides is 1. The van der Waals surface area contributed by atoms with E-state index in [2.05, 4.69) is 15.5 Å². The zero-order chi connectivity index (χ0) is 21.0. The van der Waals surface area contributed by atoms with Crippen LogP contribution in [0, 0.1) is 0 Å². The fourth-order valence-electron chi connectivity index (χ4n) is 2.38. The Morgan fingerprint density at radius 2 is 1.93 bits per heavy atom. The lowest BCUT2D eigenvalue weighted by atomic mass is 10.2. The number of nitrogens with zero attached hydrogens (tertiary/aromatic N) is 3. The summed E-state index contributed by atoms with van der Waals surface area (Å²) in [5.74, 6) is 0.280. The maximum Gasteiger partial charge on any atom is 0.264 e. The number of nitrogens with one attached hydrogen (secondary N) is 1. The summed E-state index contributed by atoms with van der Waals surface area (Å²) in [5, 5.41) is 11.0. The summed E-state index contributed by atoms with van der Waals surface area (Å²) in [6.07, 6.45) is 0. The van der Waals surface area contributed by atoms with Gasteiger partial charge in [0.2, 0.25) is 5.13 Å². The van der Waals surface area contributed by atoms with Gasteiger partial charge in [0.05, 0.1) is 21.2 Å². The van der Waals surface area contributed by atoms with Crippen LogP contribution in [0.3, 0.4) is 0 Å². The number of benzene rings is 2. The Morgan fingerprint density at radius 3 is 2.62 bits per heavy atom. The van der Waals surface area contributed by atoms with E-state index in [4.69, 9.17) is 11.6 Å². The summed E-state index contributed by atoms with van der Waals surface area (Å²) >= 11 is 8.90. The Labute approximate surface area is 182 Å². The number of aromatic nitrogens is 2. The number of anilines is 2. The van der Waals surface area contributed by atoms with E-state index in [1.54, 1.807) is 30.3 Å². The standard InChI is InChI=1S/C18H17ClN4O3S3/c1-3-27-18-22-21-17(28-18)20-16(24)14-11-13(9-10-15(14)19)29(25,26)23(2)12-7-5-4-6-8-12/h4-11H,3H2,1-2H3,(H,20,21,24). The highest BCUT2D eigenvalue weighted by atomic mass is 35.5. The second-order valence-electron chi connectivity index (χ2n) is 5.71. The van der Waals surface area contributed by atoms with E-state index in [0.717, 1.165) is 14.4 Å². The van der Waals surface area contributed by atoms with Crippen LogP contribution in [0.15, 0.2) is 57.8 Å². The van der Waals surface area contributed by atoms with Gasteiger partial charge in [-0.25, -0.2) is 8.42 Å². The first-order valence-electron chi connectivity index (χ1n) is 8.44. The highest BCUT2D eigenvalue weighted by Crippen LogP contribution is 2.28. The maximum atomic E-state index is 13.0. The van der Waals surface area contributed by atoms with E-state index in [1.807, 2.05) is 6.92 Å². The molecule has 7 nitrogen and oxygen atoms in total.